The van der Waals surface area contributed by atoms with E-state index in [4.69, 9.17) is 16.0 Å². The molecule has 7 heteroatoms. The van der Waals surface area contributed by atoms with Crippen molar-refractivity contribution in [2.75, 3.05) is 36.4 Å². The Kier molecular flexibility index (Phi) is 4.29. The third kappa shape index (κ3) is 3.45. The zero-order valence-electron chi connectivity index (χ0n) is 13.5. The van der Waals surface area contributed by atoms with Gasteiger partial charge in [0.05, 0.1) is 5.02 Å². The minimum Gasteiger partial charge on any atom is -0.421 e. The second kappa shape index (κ2) is 6.74. The Balaban J connectivity index is 1.65. The van der Waals surface area contributed by atoms with Crippen LogP contribution >= 0.6 is 11.6 Å². The number of rotatable bonds is 3. The van der Waals surface area contributed by atoms with E-state index in [1.54, 1.807) is 18.2 Å². The molecule has 0 saturated carbocycles. The highest BCUT2D eigenvalue weighted by molar-refractivity contribution is 6.30. The van der Waals surface area contributed by atoms with Crippen LogP contribution < -0.4 is 21.2 Å². The summed E-state index contributed by atoms with van der Waals surface area (Å²) >= 11 is 5.82. The number of pyridine rings is 1. The molecule has 0 aliphatic carbocycles. The summed E-state index contributed by atoms with van der Waals surface area (Å²) in [4.78, 5) is 18.7. The molecule has 1 saturated heterocycles. The average molecular weight is 357 g/mol. The average Bonchev–Trinajstić information content (AvgIpc) is 2.64. The number of piperazine rings is 1. The molecule has 1 aromatic carbocycles. The second-order valence-corrected chi connectivity index (χ2v) is 6.33. The van der Waals surface area contributed by atoms with Crippen LogP contribution in [0.2, 0.25) is 5.02 Å². The summed E-state index contributed by atoms with van der Waals surface area (Å²) in [6.45, 7) is 3.80. The zero-order valence-corrected chi connectivity index (χ0v) is 14.2. The number of hydrogen-bond donors (Lipinski definition) is 2. The largest absolute Gasteiger partial charge is 0.421 e. The fourth-order valence-electron chi connectivity index (χ4n) is 2.89. The maximum atomic E-state index is 12.3. The summed E-state index contributed by atoms with van der Waals surface area (Å²) in [5.74, 6) is 0.536. The van der Waals surface area contributed by atoms with E-state index in [0.29, 0.717) is 22.1 Å². The summed E-state index contributed by atoms with van der Waals surface area (Å²) < 4.78 is 5.51. The molecule has 1 aliphatic rings. The van der Waals surface area contributed by atoms with E-state index in [9.17, 15) is 4.79 Å². The number of benzene rings is 1. The Bertz CT molecular complexity index is 949. The normalized spacial score (nSPS) is 14.7. The summed E-state index contributed by atoms with van der Waals surface area (Å²) in [5, 5.41) is 7.70. The van der Waals surface area contributed by atoms with E-state index < -0.39 is 5.63 Å². The minimum absolute atomic E-state index is 0.345. The van der Waals surface area contributed by atoms with Crippen molar-refractivity contribution in [2.24, 2.45) is 0 Å². The molecule has 0 radical (unpaired) electrons. The van der Waals surface area contributed by atoms with Gasteiger partial charge in [0.15, 0.2) is 0 Å². The van der Waals surface area contributed by atoms with Crippen molar-refractivity contribution in [3.8, 4) is 0 Å². The first kappa shape index (κ1) is 15.9. The molecule has 0 spiro atoms. The minimum atomic E-state index is -0.429. The van der Waals surface area contributed by atoms with Gasteiger partial charge in [-0.15, -0.1) is 0 Å². The van der Waals surface area contributed by atoms with Crippen molar-refractivity contribution in [1.82, 2.24) is 10.3 Å². The zero-order chi connectivity index (χ0) is 17.2. The number of nitrogens with zero attached hydrogens (tertiary/aromatic N) is 2. The number of hydrogen-bond acceptors (Lipinski definition) is 6. The van der Waals surface area contributed by atoms with Crippen molar-refractivity contribution in [2.45, 2.75) is 0 Å². The van der Waals surface area contributed by atoms with Gasteiger partial charge in [-0.05, 0) is 30.3 Å². The van der Waals surface area contributed by atoms with Crippen molar-refractivity contribution in [1.29, 1.82) is 0 Å². The standard InChI is InChI=1S/C18H17ClN4O2/c19-13-2-4-17(21-11-13)22-15-9-12-1-3-14(10-16(12)25-18(15)24)23-7-5-20-6-8-23/h1-4,9-11,20H,5-8H2,(H,21,22). The van der Waals surface area contributed by atoms with E-state index in [-0.39, 0.29) is 0 Å². The van der Waals surface area contributed by atoms with E-state index in [1.807, 2.05) is 12.1 Å². The molecule has 6 nitrogen and oxygen atoms in total. The predicted molar refractivity (Wildman–Crippen MR) is 100 cm³/mol. The molecule has 0 unspecified atom stereocenters. The maximum absolute atomic E-state index is 12.3. The summed E-state index contributed by atoms with van der Waals surface area (Å²) in [7, 11) is 0. The van der Waals surface area contributed by atoms with Crippen LogP contribution in [0.15, 0.2) is 51.8 Å². The molecular formula is C18H17ClN4O2. The molecule has 128 valence electrons. The lowest BCUT2D eigenvalue weighted by molar-refractivity contribution is 0.562. The smallest absolute Gasteiger partial charge is 0.360 e. The third-order valence-electron chi connectivity index (χ3n) is 4.19. The molecular weight excluding hydrogens is 340 g/mol. The van der Waals surface area contributed by atoms with Gasteiger partial charge in [-0.1, -0.05) is 11.6 Å². The van der Waals surface area contributed by atoms with Gasteiger partial charge < -0.3 is 20.0 Å². The van der Waals surface area contributed by atoms with Crippen molar-refractivity contribution in [3.63, 3.8) is 0 Å². The van der Waals surface area contributed by atoms with Crippen LogP contribution in [0.1, 0.15) is 0 Å². The van der Waals surface area contributed by atoms with Crippen LogP contribution in [0.4, 0.5) is 17.2 Å². The molecule has 0 atom stereocenters. The van der Waals surface area contributed by atoms with Crippen LogP contribution in [-0.4, -0.2) is 31.2 Å². The number of aromatic nitrogens is 1. The summed E-state index contributed by atoms with van der Waals surface area (Å²) in [5.41, 5.74) is 1.56. The van der Waals surface area contributed by atoms with Gasteiger partial charge in [0.2, 0.25) is 0 Å². The van der Waals surface area contributed by atoms with Gasteiger partial charge in [0.1, 0.15) is 17.1 Å². The molecule has 0 bridgehead atoms. The molecule has 0 amide bonds. The topological polar surface area (TPSA) is 70.4 Å². The lowest BCUT2D eigenvalue weighted by Crippen LogP contribution is -2.43. The van der Waals surface area contributed by atoms with Crippen LogP contribution in [0.3, 0.4) is 0 Å². The van der Waals surface area contributed by atoms with Crippen molar-refractivity contribution >= 4 is 39.8 Å². The van der Waals surface area contributed by atoms with Crippen LogP contribution in [0, 0.1) is 0 Å². The summed E-state index contributed by atoms with van der Waals surface area (Å²) in [6.07, 6.45) is 1.52. The van der Waals surface area contributed by atoms with Gasteiger partial charge in [0.25, 0.3) is 0 Å². The number of halogens is 1. The first-order chi connectivity index (χ1) is 12.2. The number of nitrogens with one attached hydrogen (secondary N) is 2. The highest BCUT2D eigenvalue weighted by atomic mass is 35.5. The van der Waals surface area contributed by atoms with Gasteiger partial charge >= 0.3 is 5.63 Å². The highest BCUT2D eigenvalue weighted by Gasteiger charge is 2.12. The van der Waals surface area contributed by atoms with E-state index in [2.05, 4.69) is 26.6 Å². The van der Waals surface area contributed by atoms with Crippen molar-refractivity contribution in [3.05, 3.63) is 58.0 Å². The van der Waals surface area contributed by atoms with Crippen LogP contribution in [0.25, 0.3) is 11.0 Å². The molecule has 2 aromatic heterocycles. The van der Waals surface area contributed by atoms with Gasteiger partial charge in [-0.2, -0.15) is 0 Å². The monoisotopic (exact) mass is 356 g/mol. The lowest BCUT2D eigenvalue weighted by atomic mass is 10.2. The highest BCUT2D eigenvalue weighted by Crippen LogP contribution is 2.24. The molecule has 4 rings (SSSR count). The Hall–Kier alpha value is -2.57. The second-order valence-electron chi connectivity index (χ2n) is 5.89. The maximum Gasteiger partial charge on any atom is 0.360 e. The number of fused-ring (bicyclic) bond motifs is 1. The van der Waals surface area contributed by atoms with Crippen LogP contribution in [0.5, 0.6) is 0 Å². The quantitative estimate of drug-likeness (QED) is 0.703. The Morgan fingerprint density at radius 1 is 1.16 bits per heavy atom. The molecule has 2 N–H and O–H groups in total. The third-order valence-corrected chi connectivity index (χ3v) is 4.42. The first-order valence-corrected chi connectivity index (χ1v) is 8.49. The first-order valence-electron chi connectivity index (χ1n) is 8.11. The molecule has 1 fully saturated rings. The molecule has 3 aromatic rings. The van der Waals surface area contributed by atoms with Crippen molar-refractivity contribution < 1.29 is 4.42 Å². The SMILES string of the molecule is O=c1oc2cc(N3CCNCC3)ccc2cc1Nc1ccc(Cl)cn1. The van der Waals surface area contributed by atoms with Gasteiger partial charge in [-0.3, -0.25) is 0 Å². The fraction of sp³-hybridized carbons (Fsp3) is 0.222. The van der Waals surface area contributed by atoms with Crippen LogP contribution in [-0.2, 0) is 0 Å². The Morgan fingerprint density at radius 3 is 2.76 bits per heavy atom. The fourth-order valence-corrected chi connectivity index (χ4v) is 3.01. The Morgan fingerprint density at radius 2 is 2.00 bits per heavy atom. The van der Waals surface area contributed by atoms with Gasteiger partial charge in [0, 0.05) is 49.5 Å². The molecule has 1 aliphatic heterocycles. The predicted octanol–water partition coefficient (Wildman–Crippen LogP) is 2.99. The molecule has 3 heterocycles. The van der Waals surface area contributed by atoms with Gasteiger partial charge in [-0.25, -0.2) is 9.78 Å². The van der Waals surface area contributed by atoms with E-state index in [0.717, 1.165) is 37.3 Å². The van der Waals surface area contributed by atoms with E-state index >= 15 is 0 Å². The molecule has 25 heavy (non-hydrogen) atoms. The van der Waals surface area contributed by atoms with E-state index in [1.165, 1.54) is 6.20 Å². The summed E-state index contributed by atoms with van der Waals surface area (Å²) in [6, 6.07) is 11.1. The lowest BCUT2D eigenvalue weighted by Gasteiger charge is -2.29. The Labute approximate surface area is 149 Å². The number of anilines is 3.